The molecule has 0 saturated carbocycles. The van der Waals surface area contributed by atoms with Crippen LogP contribution < -0.4 is 0 Å². The number of amides is 1. The molecule has 1 N–H and O–H groups in total. The monoisotopic (exact) mass is 179 g/mol. The summed E-state index contributed by atoms with van der Waals surface area (Å²) in [7, 11) is 1.31. The van der Waals surface area contributed by atoms with Crippen LogP contribution in [0.1, 0.15) is 0 Å². The van der Waals surface area contributed by atoms with Crippen LogP contribution in [0, 0.1) is 0 Å². The van der Waals surface area contributed by atoms with E-state index in [0.717, 1.165) is 5.01 Å². The van der Waals surface area contributed by atoms with Gasteiger partial charge in [0.1, 0.15) is 0 Å². The summed E-state index contributed by atoms with van der Waals surface area (Å²) in [5.41, 5.74) is 0.621. The fraction of sp³-hybridized carbons (Fsp3) is 0.125. The molecule has 68 valence electrons. The second kappa shape index (κ2) is 4.20. The molecular formula is C8H9N3O2. The van der Waals surface area contributed by atoms with Crippen molar-refractivity contribution in [1.82, 2.24) is 5.01 Å². The van der Waals surface area contributed by atoms with E-state index in [1.54, 1.807) is 24.3 Å². The molecule has 0 aliphatic rings. The van der Waals surface area contributed by atoms with Crippen LogP contribution in [0.2, 0.25) is 0 Å². The number of rotatable bonds is 2. The molecule has 0 spiro atoms. The van der Waals surface area contributed by atoms with Crippen molar-refractivity contribution < 1.29 is 9.90 Å². The van der Waals surface area contributed by atoms with Crippen molar-refractivity contribution in [3.8, 4) is 0 Å². The van der Waals surface area contributed by atoms with Crippen LogP contribution in [-0.2, 0) is 0 Å². The maximum absolute atomic E-state index is 10.3. The lowest BCUT2D eigenvalue weighted by molar-refractivity contribution is 0.154. The highest BCUT2D eigenvalue weighted by molar-refractivity contribution is 5.63. The summed E-state index contributed by atoms with van der Waals surface area (Å²) >= 11 is 0. The third kappa shape index (κ3) is 2.90. The van der Waals surface area contributed by atoms with E-state index in [-0.39, 0.29) is 0 Å². The molecule has 0 aliphatic heterocycles. The molecule has 0 heterocycles. The molecule has 0 fully saturated rings. The van der Waals surface area contributed by atoms with Gasteiger partial charge in [-0.25, -0.2) is 4.79 Å². The minimum Gasteiger partial charge on any atom is -0.464 e. The Hall–Kier alpha value is -1.91. The van der Waals surface area contributed by atoms with Gasteiger partial charge in [-0.05, 0) is 12.1 Å². The molecule has 1 aromatic carbocycles. The van der Waals surface area contributed by atoms with Gasteiger partial charge in [-0.1, -0.05) is 23.4 Å². The standard InChI is InChI=1S/C8H9N3O2/c1-11(8(12)13)10-9-7-5-3-2-4-6-7/h2-6H,1H3,(H,12,13). The van der Waals surface area contributed by atoms with Gasteiger partial charge in [-0.15, -0.1) is 5.11 Å². The Morgan fingerprint density at radius 2 is 2.00 bits per heavy atom. The maximum Gasteiger partial charge on any atom is 0.429 e. The van der Waals surface area contributed by atoms with Crippen molar-refractivity contribution in [2.45, 2.75) is 0 Å². The first-order chi connectivity index (χ1) is 6.20. The summed E-state index contributed by atoms with van der Waals surface area (Å²) in [5.74, 6) is 0. The molecule has 0 aromatic heterocycles. The highest BCUT2D eigenvalue weighted by Gasteiger charge is 2.01. The van der Waals surface area contributed by atoms with Gasteiger partial charge in [0.2, 0.25) is 0 Å². The van der Waals surface area contributed by atoms with Crippen LogP contribution in [0.3, 0.4) is 0 Å². The molecule has 1 amide bonds. The largest absolute Gasteiger partial charge is 0.464 e. The minimum atomic E-state index is -1.14. The molecule has 5 nitrogen and oxygen atoms in total. The van der Waals surface area contributed by atoms with E-state index in [1.807, 2.05) is 6.07 Å². The van der Waals surface area contributed by atoms with Crippen LogP contribution in [0.25, 0.3) is 0 Å². The zero-order valence-corrected chi connectivity index (χ0v) is 7.08. The van der Waals surface area contributed by atoms with Gasteiger partial charge in [-0.3, -0.25) is 0 Å². The van der Waals surface area contributed by atoms with Crippen molar-refractivity contribution in [2.75, 3.05) is 7.05 Å². The summed E-state index contributed by atoms with van der Waals surface area (Å²) in [6.45, 7) is 0. The second-order valence-corrected chi connectivity index (χ2v) is 2.33. The van der Waals surface area contributed by atoms with Gasteiger partial charge in [-0.2, -0.15) is 5.01 Å². The molecule has 0 saturated heterocycles. The highest BCUT2D eigenvalue weighted by atomic mass is 16.4. The van der Waals surface area contributed by atoms with Crippen molar-refractivity contribution >= 4 is 11.8 Å². The molecule has 0 unspecified atom stereocenters. The maximum atomic E-state index is 10.3. The van der Waals surface area contributed by atoms with Crippen molar-refractivity contribution in [3.05, 3.63) is 30.3 Å². The van der Waals surface area contributed by atoms with E-state index >= 15 is 0 Å². The Kier molecular flexibility index (Phi) is 2.97. The van der Waals surface area contributed by atoms with E-state index in [1.165, 1.54) is 7.05 Å². The second-order valence-electron chi connectivity index (χ2n) is 2.33. The smallest absolute Gasteiger partial charge is 0.429 e. The van der Waals surface area contributed by atoms with Gasteiger partial charge in [0.25, 0.3) is 0 Å². The average Bonchev–Trinajstić information content (AvgIpc) is 2.15. The molecule has 1 rings (SSSR count). The fourth-order valence-corrected chi connectivity index (χ4v) is 0.652. The average molecular weight is 179 g/mol. The molecular weight excluding hydrogens is 170 g/mol. The van der Waals surface area contributed by atoms with Gasteiger partial charge < -0.3 is 5.11 Å². The Labute approximate surface area is 75.3 Å². The molecule has 0 bridgehead atoms. The molecule has 0 radical (unpaired) electrons. The van der Waals surface area contributed by atoms with Crippen LogP contribution in [-0.4, -0.2) is 23.3 Å². The van der Waals surface area contributed by atoms with Crippen molar-refractivity contribution in [3.63, 3.8) is 0 Å². The Bertz CT molecular complexity index is 310. The lowest BCUT2D eigenvalue weighted by Gasteiger charge is -2.01. The van der Waals surface area contributed by atoms with E-state index < -0.39 is 6.09 Å². The van der Waals surface area contributed by atoms with Gasteiger partial charge >= 0.3 is 6.09 Å². The van der Waals surface area contributed by atoms with Crippen molar-refractivity contribution in [1.29, 1.82) is 0 Å². The number of hydrogen-bond donors (Lipinski definition) is 1. The van der Waals surface area contributed by atoms with Crippen LogP contribution in [0.15, 0.2) is 40.7 Å². The van der Waals surface area contributed by atoms with Gasteiger partial charge in [0.05, 0.1) is 5.69 Å². The molecule has 0 aliphatic carbocycles. The summed E-state index contributed by atoms with van der Waals surface area (Å²) in [6, 6.07) is 8.92. The lowest BCUT2D eigenvalue weighted by atomic mass is 10.3. The normalized spacial score (nSPS) is 10.2. The summed E-state index contributed by atoms with van der Waals surface area (Å²) in [6.07, 6.45) is -1.14. The number of hydrogen-bond acceptors (Lipinski definition) is 3. The number of benzene rings is 1. The van der Waals surface area contributed by atoms with E-state index in [4.69, 9.17) is 5.11 Å². The van der Waals surface area contributed by atoms with Crippen LogP contribution >= 0.6 is 0 Å². The van der Waals surface area contributed by atoms with Crippen LogP contribution in [0.4, 0.5) is 10.5 Å². The van der Waals surface area contributed by atoms with E-state index in [0.29, 0.717) is 5.69 Å². The molecule has 0 atom stereocenters. The van der Waals surface area contributed by atoms with Crippen LogP contribution in [0.5, 0.6) is 0 Å². The Morgan fingerprint density at radius 1 is 1.38 bits per heavy atom. The third-order valence-electron chi connectivity index (χ3n) is 1.33. The molecule has 1 aromatic rings. The molecule has 5 heteroatoms. The minimum absolute atomic E-state index is 0.621. The quantitative estimate of drug-likeness (QED) is 0.559. The summed E-state index contributed by atoms with van der Waals surface area (Å²) < 4.78 is 0. The van der Waals surface area contributed by atoms with E-state index in [2.05, 4.69) is 10.3 Å². The topological polar surface area (TPSA) is 65.3 Å². The first-order valence-electron chi connectivity index (χ1n) is 3.63. The SMILES string of the molecule is CN(N=Nc1ccccc1)C(=O)O. The van der Waals surface area contributed by atoms with Crippen molar-refractivity contribution in [2.24, 2.45) is 10.3 Å². The summed E-state index contributed by atoms with van der Waals surface area (Å²) in [4.78, 5) is 10.3. The lowest BCUT2D eigenvalue weighted by Crippen LogP contribution is -2.17. The zero-order valence-electron chi connectivity index (χ0n) is 7.08. The van der Waals surface area contributed by atoms with Gasteiger partial charge in [0, 0.05) is 7.05 Å². The predicted molar refractivity (Wildman–Crippen MR) is 46.7 cm³/mol. The summed E-state index contributed by atoms with van der Waals surface area (Å²) in [5, 5.41) is 16.3. The Balaban J connectivity index is 2.64. The number of nitrogens with zero attached hydrogens (tertiary/aromatic N) is 3. The first kappa shape index (κ1) is 9.18. The van der Waals surface area contributed by atoms with E-state index in [9.17, 15) is 4.79 Å². The number of carbonyl (C=O) groups is 1. The highest BCUT2D eigenvalue weighted by Crippen LogP contribution is 2.10. The Morgan fingerprint density at radius 3 is 2.54 bits per heavy atom. The third-order valence-corrected chi connectivity index (χ3v) is 1.33. The fourth-order valence-electron chi connectivity index (χ4n) is 0.652. The molecule has 13 heavy (non-hydrogen) atoms. The first-order valence-corrected chi connectivity index (χ1v) is 3.63. The van der Waals surface area contributed by atoms with Gasteiger partial charge in [0.15, 0.2) is 0 Å². The predicted octanol–water partition coefficient (Wildman–Crippen LogP) is 2.30. The number of carboxylic acid groups (broad SMARTS) is 1. The zero-order chi connectivity index (χ0) is 9.68.